The fourth-order valence-electron chi connectivity index (χ4n) is 4.78. The van der Waals surface area contributed by atoms with Crippen molar-refractivity contribution >= 4 is 50.8 Å². The van der Waals surface area contributed by atoms with Gasteiger partial charge in [0.25, 0.3) is 16.0 Å². The Labute approximate surface area is 225 Å². The number of nitrogens with two attached hydrogens (primary N) is 1. The first kappa shape index (κ1) is 25.3. The minimum Gasteiger partial charge on any atom is -0.368 e. The molecule has 0 saturated heterocycles. The first-order valence-corrected chi connectivity index (χ1v) is 13.8. The molecule has 3 aromatic rings. The van der Waals surface area contributed by atoms with Gasteiger partial charge < -0.3 is 5.73 Å². The quantitative estimate of drug-likeness (QED) is 0.469. The summed E-state index contributed by atoms with van der Waals surface area (Å²) < 4.78 is 31.1. The number of sulfonamides is 1. The number of halogens is 2. The lowest BCUT2D eigenvalue weighted by molar-refractivity contribution is -0.688. The van der Waals surface area contributed by atoms with Crippen LogP contribution in [0.5, 0.6) is 0 Å². The van der Waals surface area contributed by atoms with E-state index < -0.39 is 28.0 Å². The van der Waals surface area contributed by atoms with Crippen molar-refractivity contribution in [2.45, 2.75) is 29.8 Å². The van der Waals surface area contributed by atoms with Gasteiger partial charge in [-0.1, -0.05) is 53.5 Å². The van der Waals surface area contributed by atoms with Crippen molar-refractivity contribution in [2.24, 2.45) is 10.7 Å². The van der Waals surface area contributed by atoms with Gasteiger partial charge in [-0.3, -0.25) is 4.79 Å². The zero-order valence-electron chi connectivity index (χ0n) is 19.8. The SMILES string of the molecule is CC1[C@@H](C(N)=O)N=C(NS(=O)(=O)c2ccc(Cl)cc2)N2C[C@H](c3ccccc3)C(c3ccc(Cl)cc3)=[N+]12. The number of hydrogen-bond donors (Lipinski definition) is 2. The molecule has 5 rings (SSSR count). The Morgan fingerprint density at radius 3 is 2.19 bits per heavy atom. The molecular formula is C26H24Cl2N5O3S+. The van der Waals surface area contributed by atoms with Crippen LogP contribution in [0.4, 0.5) is 0 Å². The maximum absolute atomic E-state index is 13.3. The summed E-state index contributed by atoms with van der Waals surface area (Å²) in [7, 11) is -4.04. The first-order chi connectivity index (χ1) is 17.7. The number of aliphatic imine (C=N–C) groups is 1. The van der Waals surface area contributed by atoms with Crippen molar-refractivity contribution in [3.05, 3.63) is 100 Å². The molecule has 3 aromatic carbocycles. The molecule has 8 nitrogen and oxygen atoms in total. The number of fused-ring (bicyclic) bond motifs is 1. The number of guanidine groups is 1. The standard InChI is InChI=1S/C26H23Cl2N5O3S/c1-16-23(25(29)34)30-26(31-37(35,36)21-13-11-20(28)12-14-21)32-15-22(17-5-3-2-4-6-17)24(33(16)32)18-7-9-19(27)10-8-18/h2-14,16,22-23H,15H2,1H3,(H2-,29,30,31,34)/p+1/t16?,22-,23+/m1/s1. The highest BCUT2D eigenvalue weighted by Crippen LogP contribution is 2.33. The van der Waals surface area contributed by atoms with Crippen molar-refractivity contribution < 1.29 is 17.9 Å². The van der Waals surface area contributed by atoms with Crippen LogP contribution in [-0.2, 0) is 14.8 Å². The van der Waals surface area contributed by atoms with Crippen LogP contribution in [-0.4, -0.2) is 54.3 Å². The minimum absolute atomic E-state index is 0.0149. The molecule has 190 valence electrons. The number of carbonyl (C=O) groups excluding carboxylic acids is 1. The van der Waals surface area contributed by atoms with Gasteiger partial charge in [-0.15, -0.1) is 9.69 Å². The Morgan fingerprint density at radius 1 is 1.00 bits per heavy atom. The summed E-state index contributed by atoms with van der Waals surface area (Å²) in [6.07, 6.45) is 0. The predicted molar refractivity (Wildman–Crippen MR) is 143 cm³/mol. The molecule has 0 aromatic heterocycles. The maximum Gasteiger partial charge on any atom is 0.266 e. The average molecular weight is 557 g/mol. The van der Waals surface area contributed by atoms with Crippen LogP contribution in [0.1, 0.15) is 24.0 Å². The van der Waals surface area contributed by atoms with Crippen molar-refractivity contribution in [1.82, 2.24) is 9.73 Å². The van der Waals surface area contributed by atoms with Crippen LogP contribution in [0, 0.1) is 0 Å². The van der Waals surface area contributed by atoms with Crippen LogP contribution >= 0.6 is 23.2 Å². The van der Waals surface area contributed by atoms with Crippen LogP contribution < -0.4 is 10.5 Å². The van der Waals surface area contributed by atoms with E-state index in [-0.39, 0.29) is 16.8 Å². The predicted octanol–water partition coefficient (Wildman–Crippen LogP) is 3.40. The van der Waals surface area contributed by atoms with Crippen LogP contribution in [0.15, 0.2) is 88.8 Å². The van der Waals surface area contributed by atoms with Crippen LogP contribution in [0.3, 0.4) is 0 Å². The summed E-state index contributed by atoms with van der Waals surface area (Å²) in [5.74, 6) is -0.794. The highest BCUT2D eigenvalue weighted by Gasteiger charge is 2.52. The highest BCUT2D eigenvalue weighted by atomic mass is 35.5. The molecule has 2 aliphatic rings. The molecule has 0 saturated carbocycles. The number of nitrogens with zero attached hydrogens (tertiary/aromatic N) is 3. The largest absolute Gasteiger partial charge is 0.368 e. The van der Waals surface area contributed by atoms with E-state index in [1.54, 1.807) is 17.1 Å². The fourth-order valence-corrected chi connectivity index (χ4v) is 6.04. The van der Waals surface area contributed by atoms with Gasteiger partial charge in [-0.25, -0.2) is 18.1 Å². The molecule has 3 N–H and O–H groups in total. The molecule has 0 spiro atoms. The van der Waals surface area contributed by atoms with Crippen molar-refractivity contribution in [3.8, 4) is 0 Å². The Kier molecular flexibility index (Phi) is 6.70. The van der Waals surface area contributed by atoms with Gasteiger partial charge in [-0.05, 0) is 54.1 Å². The lowest BCUT2D eigenvalue weighted by Crippen LogP contribution is -2.59. The molecular weight excluding hydrogens is 533 g/mol. The summed E-state index contributed by atoms with van der Waals surface area (Å²) in [5.41, 5.74) is 8.54. The van der Waals surface area contributed by atoms with Gasteiger partial charge in [0.1, 0.15) is 0 Å². The lowest BCUT2D eigenvalue weighted by Gasteiger charge is -2.29. The molecule has 0 aliphatic carbocycles. The number of nitrogens with one attached hydrogen (secondary N) is 1. The molecule has 0 radical (unpaired) electrons. The average Bonchev–Trinajstić information content (AvgIpc) is 3.28. The number of rotatable bonds is 5. The maximum atomic E-state index is 13.3. The van der Waals surface area contributed by atoms with Crippen molar-refractivity contribution in [1.29, 1.82) is 0 Å². The number of amides is 1. The zero-order chi connectivity index (χ0) is 26.3. The van der Waals surface area contributed by atoms with Gasteiger partial charge in [0, 0.05) is 22.5 Å². The Bertz CT molecular complexity index is 1510. The fraction of sp³-hybridized carbons (Fsp3) is 0.192. The van der Waals surface area contributed by atoms with Gasteiger partial charge in [0.05, 0.1) is 17.4 Å². The van der Waals surface area contributed by atoms with E-state index in [4.69, 9.17) is 28.9 Å². The van der Waals surface area contributed by atoms with E-state index in [0.29, 0.717) is 16.6 Å². The van der Waals surface area contributed by atoms with E-state index in [0.717, 1.165) is 16.8 Å². The van der Waals surface area contributed by atoms with Gasteiger partial charge >= 0.3 is 0 Å². The molecule has 3 atom stereocenters. The second kappa shape index (κ2) is 9.81. The third-order valence-electron chi connectivity index (χ3n) is 6.52. The molecule has 37 heavy (non-hydrogen) atoms. The van der Waals surface area contributed by atoms with Gasteiger partial charge in [-0.2, -0.15) is 0 Å². The second-order valence-corrected chi connectivity index (χ2v) is 11.4. The zero-order valence-corrected chi connectivity index (χ0v) is 22.1. The Hall–Kier alpha value is -3.40. The number of hydrazine groups is 1. The van der Waals surface area contributed by atoms with E-state index in [2.05, 4.69) is 9.71 Å². The number of primary amides is 1. The molecule has 0 fully saturated rings. The lowest BCUT2D eigenvalue weighted by atomic mass is 9.90. The number of benzene rings is 3. The Morgan fingerprint density at radius 2 is 1.59 bits per heavy atom. The van der Waals surface area contributed by atoms with Crippen molar-refractivity contribution in [2.75, 3.05) is 6.54 Å². The topological polar surface area (TPSA) is 108 Å². The summed E-state index contributed by atoms with van der Waals surface area (Å²) in [4.78, 5) is 17.0. The van der Waals surface area contributed by atoms with E-state index in [1.165, 1.54) is 24.3 Å². The second-order valence-electron chi connectivity index (χ2n) is 8.88. The van der Waals surface area contributed by atoms with E-state index >= 15 is 0 Å². The summed E-state index contributed by atoms with van der Waals surface area (Å²) in [6, 6.07) is 21.6. The van der Waals surface area contributed by atoms with Crippen LogP contribution in [0.25, 0.3) is 0 Å². The molecule has 2 aliphatic heterocycles. The molecule has 1 unspecified atom stereocenters. The minimum atomic E-state index is -4.04. The van der Waals surface area contributed by atoms with Gasteiger partial charge in [0.15, 0.2) is 6.04 Å². The number of hydrazone groups is 1. The van der Waals surface area contributed by atoms with Crippen LogP contribution in [0.2, 0.25) is 10.0 Å². The normalized spacial score (nSPS) is 21.4. The van der Waals surface area contributed by atoms with E-state index in [1.807, 2.05) is 54.1 Å². The number of hydrogen-bond acceptors (Lipinski definition) is 5. The molecule has 11 heteroatoms. The summed E-state index contributed by atoms with van der Waals surface area (Å²) in [6.45, 7) is 2.24. The third kappa shape index (κ3) is 4.82. The van der Waals surface area contributed by atoms with Crippen molar-refractivity contribution in [3.63, 3.8) is 0 Å². The Balaban J connectivity index is 1.66. The highest BCUT2D eigenvalue weighted by molar-refractivity contribution is 7.90. The number of carbonyl (C=O) groups is 1. The summed E-state index contributed by atoms with van der Waals surface area (Å²) >= 11 is 12.1. The molecule has 1 amide bonds. The monoisotopic (exact) mass is 556 g/mol. The smallest absolute Gasteiger partial charge is 0.266 e. The first-order valence-electron chi connectivity index (χ1n) is 11.6. The molecule has 0 bridgehead atoms. The van der Waals surface area contributed by atoms with E-state index in [9.17, 15) is 13.2 Å². The molecule has 2 heterocycles. The third-order valence-corrected chi connectivity index (χ3v) is 8.37. The summed E-state index contributed by atoms with van der Waals surface area (Å²) in [5, 5.41) is 2.77. The van der Waals surface area contributed by atoms with Gasteiger partial charge in [0.2, 0.25) is 17.7 Å².